The maximum atomic E-state index is 12.3. The zero-order valence-electron chi connectivity index (χ0n) is 10.1. The number of rotatable bonds is 3. The van der Waals surface area contributed by atoms with Crippen molar-refractivity contribution < 1.29 is 9.63 Å². The first-order valence-electron chi connectivity index (χ1n) is 6.07. The van der Waals surface area contributed by atoms with E-state index in [1.165, 1.54) is 0 Å². The topological polar surface area (TPSA) is 55.6 Å². The van der Waals surface area contributed by atoms with Gasteiger partial charge in [0.05, 0.1) is 6.61 Å². The van der Waals surface area contributed by atoms with Gasteiger partial charge in [0.15, 0.2) is 0 Å². The van der Waals surface area contributed by atoms with Crippen LogP contribution >= 0.6 is 11.6 Å². The molecule has 1 saturated heterocycles. The maximum absolute atomic E-state index is 12.3. The Bertz CT molecular complexity index is 406. The van der Waals surface area contributed by atoms with Crippen molar-refractivity contribution in [2.75, 3.05) is 19.7 Å². The van der Waals surface area contributed by atoms with Crippen LogP contribution in [0.2, 0.25) is 5.02 Å². The number of amides is 1. The maximum Gasteiger partial charge on any atom is 0.253 e. The molecule has 2 N–H and O–H groups in total. The molecule has 1 unspecified atom stereocenters. The Kier molecular flexibility index (Phi) is 4.58. The number of carbonyl (C=O) groups is 1. The van der Waals surface area contributed by atoms with Gasteiger partial charge in [0.25, 0.3) is 5.91 Å². The Morgan fingerprint density at radius 2 is 2.17 bits per heavy atom. The van der Waals surface area contributed by atoms with E-state index < -0.39 is 0 Å². The van der Waals surface area contributed by atoms with Crippen molar-refractivity contribution in [2.45, 2.75) is 12.8 Å². The van der Waals surface area contributed by atoms with E-state index in [4.69, 9.17) is 17.5 Å². The van der Waals surface area contributed by atoms with Gasteiger partial charge in [-0.2, -0.15) is 0 Å². The van der Waals surface area contributed by atoms with Gasteiger partial charge >= 0.3 is 0 Å². The lowest BCUT2D eigenvalue weighted by molar-refractivity contribution is 0.0472. The second kappa shape index (κ2) is 6.18. The van der Waals surface area contributed by atoms with Crippen LogP contribution in [-0.2, 0) is 4.84 Å². The summed E-state index contributed by atoms with van der Waals surface area (Å²) in [5, 5.41) is 0.639. The average molecular weight is 269 g/mol. The summed E-state index contributed by atoms with van der Waals surface area (Å²) in [6, 6.07) is 6.99. The van der Waals surface area contributed by atoms with Gasteiger partial charge < -0.3 is 9.74 Å². The molecule has 5 heteroatoms. The Morgan fingerprint density at radius 1 is 1.44 bits per heavy atom. The van der Waals surface area contributed by atoms with E-state index in [1.807, 2.05) is 4.90 Å². The van der Waals surface area contributed by atoms with Crippen LogP contribution in [0.1, 0.15) is 23.2 Å². The first kappa shape index (κ1) is 13.3. The summed E-state index contributed by atoms with van der Waals surface area (Å²) in [5.74, 6) is 5.47. The normalized spacial score (nSPS) is 19.9. The molecule has 1 aromatic rings. The predicted molar refractivity (Wildman–Crippen MR) is 70.2 cm³/mol. The standard InChI is InChI=1S/C13H17ClN2O2/c14-12-5-3-11(4-6-12)13(17)16-7-1-2-10(8-16)9-18-15/h3-6,10H,1-2,7-9,15H2. The number of hydrogen-bond acceptors (Lipinski definition) is 3. The summed E-state index contributed by atoms with van der Waals surface area (Å²) in [5.41, 5.74) is 0.675. The zero-order valence-corrected chi connectivity index (χ0v) is 10.9. The molecule has 1 aliphatic heterocycles. The molecule has 1 amide bonds. The molecule has 0 aliphatic carbocycles. The van der Waals surface area contributed by atoms with Crippen molar-refractivity contribution in [3.05, 3.63) is 34.9 Å². The lowest BCUT2D eigenvalue weighted by atomic mass is 9.98. The van der Waals surface area contributed by atoms with Gasteiger partial charge in [-0.25, -0.2) is 5.90 Å². The number of halogens is 1. The van der Waals surface area contributed by atoms with Gasteiger partial charge in [-0.15, -0.1) is 0 Å². The van der Waals surface area contributed by atoms with Crippen LogP contribution in [0.3, 0.4) is 0 Å². The van der Waals surface area contributed by atoms with Crippen molar-refractivity contribution in [1.82, 2.24) is 4.90 Å². The van der Waals surface area contributed by atoms with Gasteiger partial charge in [0, 0.05) is 29.6 Å². The van der Waals surface area contributed by atoms with E-state index in [1.54, 1.807) is 24.3 Å². The number of hydrogen-bond donors (Lipinski definition) is 1. The first-order chi connectivity index (χ1) is 8.70. The Balaban J connectivity index is 2.02. The number of piperidine rings is 1. The molecule has 0 radical (unpaired) electrons. The molecule has 98 valence electrons. The zero-order chi connectivity index (χ0) is 13.0. The van der Waals surface area contributed by atoms with E-state index in [0.717, 1.165) is 19.4 Å². The summed E-state index contributed by atoms with van der Waals surface area (Å²) in [6.45, 7) is 2.01. The van der Waals surface area contributed by atoms with Crippen molar-refractivity contribution in [2.24, 2.45) is 11.8 Å². The monoisotopic (exact) mass is 268 g/mol. The second-order valence-corrected chi connectivity index (χ2v) is 5.04. The number of carbonyl (C=O) groups excluding carboxylic acids is 1. The van der Waals surface area contributed by atoms with E-state index in [2.05, 4.69) is 4.84 Å². The van der Waals surface area contributed by atoms with Gasteiger partial charge in [-0.05, 0) is 37.1 Å². The highest BCUT2D eigenvalue weighted by atomic mass is 35.5. The summed E-state index contributed by atoms with van der Waals surface area (Å²) in [7, 11) is 0. The van der Waals surface area contributed by atoms with Crippen LogP contribution in [0, 0.1) is 5.92 Å². The summed E-state index contributed by atoms with van der Waals surface area (Å²) in [4.78, 5) is 18.8. The summed E-state index contributed by atoms with van der Waals surface area (Å²) >= 11 is 5.81. The highest BCUT2D eigenvalue weighted by Crippen LogP contribution is 2.19. The van der Waals surface area contributed by atoms with Crippen molar-refractivity contribution in [1.29, 1.82) is 0 Å². The third-order valence-corrected chi connectivity index (χ3v) is 3.48. The third kappa shape index (κ3) is 3.22. The van der Waals surface area contributed by atoms with Crippen LogP contribution in [0.15, 0.2) is 24.3 Å². The van der Waals surface area contributed by atoms with Crippen LogP contribution in [0.4, 0.5) is 0 Å². The van der Waals surface area contributed by atoms with Crippen LogP contribution in [0.25, 0.3) is 0 Å². The molecule has 1 atom stereocenters. The Labute approximate surface area is 112 Å². The lowest BCUT2D eigenvalue weighted by Gasteiger charge is -2.32. The molecule has 1 heterocycles. The van der Waals surface area contributed by atoms with E-state index >= 15 is 0 Å². The highest BCUT2D eigenvalue weighted by Gasteiger charge is 2.24. The minimum Gasteiger partial charge on any atom is -0.338 e. The molecule has 4 nitrogen and oxygen atoms in total. The molecule has 2 rings (SSSR count). The molecular weight excluding hydrogens is 252 g/mol. The molecule has 0 spiro atoms. The van der Waals surface area contributed by atoms with Gasteiger partial charge in [-0.3, -0.25) is 4.79 Å². The third-order valence-electron chi connectivity index (χ3n) is 3.23. The van der Waals surface area contributed by atoms with Gasteiger partial charge in [0.1, 0.15) is 0 Å². The molecule has 0 saturated carbocycles. The molecule has 1 aromatic carbocycles. The number of likely N-dealkylation sites (tertiary alicyclic amines) is 1. The summed E-state index contributed by atoms with van der Waals surface area (Å²) in [6.07, 6.45) is 2.05. The molecule has 1 aliphatic rings. The van der Waals surface area contributed by atoms with Crippen LogP contribution < -0.4 is 5.90 Å². The van der Waals surface area contributed by atoms with E-state index in [0.29, 0.717) is 29.7 Å². The van der Waals surface area contributed by atoms with Crippen molar-refractivity contribution in [3.8, 4) is 0 Å². The minimum absolute atomic E-state index is 0.0494. The number of nitrogens with two attached hydrogens (primary N) is 1. The van der Waals surface area contributed by atoms with Crippen molar-refractivity contribution in [3.63, 3.8) is 0 Å². The fourth-order valence-electron chi connectivity index (χ4n) is 2.30. The Hall–Kier alpha value is -1.10. The Morgan fingerprint density at radius 3 is 2.83 bits per heavy atom. The fourth-order valence-corrected chi connectivity index (χ4v) is 2.42. The number of nitrogens with zero attached hydrogens (tertiary/aromatic N) is 1. The van der Waals surface area contributed by atoms with Crippen LogP contribution in [-0.4, -0.2) is 30.5 Å². The largest absolute Gasteiger partial charge is 0.338 e. The first-order valence-corrected chi connectivity index (χ1v) is 6.45. The van der Waals surface area contributed by atoms with Gasteiger partial charge in [-0.1, -0.05) is 11.6 Å². The lowest BCUT2D eigenvalue weighted by Crippen LogP contribution is -2.41. The SMILES string of the molecule is NOCC1CCCN(C(=O)c2ccc(Cl)cc2)C1. The smallest absolute Gasteiger partial charge is 0.253 e. The van der Waals surface area contributed by atoms with E-state index in [-0.39, 0.29) is 5.91 Å². The molecule has 1 fully saturated rings. The second-order valence-electron chi connectivity index (χ2n) is 4.60. The highest BCUT2D eigenvalue weighted by molar-refractivity contribution is 6.30. The predicted octanol–water partition coefficient (Wildman–Crippen LogP) is 2.08. The summed E-state index contributed by atoms with van der Waals surface area (Å²) < 4.78 is 0. The van der Waals surface area contributed by atoms with Crippen molar-refractivity contribution >= 4 is 17.5 Å². The molecule has 0 bridgehead atoms. The minimum atomic E-state index is 0.0494. The van der Waals surface area contributed by atoms with Gasteiger partial charge in [0.2, 0.25) is 0 Å². The average Bonchev–Trinajstić information content (AvgIpc) is 2.39. The molecule has 0 aromatic heterocycles. The number of benzene rings is 1. The molecule has 18 heavy (non-hydrogen) atoms. The molecular formula is C13H17ClN2O2. The fraction of sp³-hybridized carbons (Fsp3) is 0.462. The van der Waals surface area contributed by atoms with Crippen LogP contribution in [0.5, 0.6) is 0 Å². The van der Waals surface area contributed by atoms with E-state index in [9.17, 15) is 4.79 Å². The quantitative estimate of drug-likeness (QED) is 0.854.